The molecule has 0 bridgehead atoms. The Morgan fingerprint density at radius 2 is 1.80 bits per heavy atom. The molecule has 0 aromatic heterocycles. The molecule has 0 amide bonds. The van der Waals surface area contributed by atoms with Crippen LogP contribution in [0.1, 0.15) is 45.4 Å². The summed E-state index contributed by atoms with van der Waals surface area (Å²) >= 11 is 0. The molecule has 0 aliphatic carbocycles. The van der Waals surface area contributed by atoms with Gasteiger partial charge in [-0.2, -0.15) is 0 Å². The van der Waals surface area contributed by atoms with Gasteiger partial charge in [-0.05, 0) is 6.42 Å². The molecule has 0 N–H and O–H groups in total. The third-order valence-corrected chi connectivity index (χ3v) is 2.75. The van der Waals surface area contributed by atoms with Gasteiger partial charge in [0, 0.05) is 4.57 Å². The van der Waals surface area contributed by atoms with Crippen molar-refractivity contribution in [3.05, 3.63) is 12.7 Å². The van der Waals surface area contributed by atoms with Crippen molar-refractivity contribution in [2.24, 2.45) is 0 Å². The van der Waals surface area contributed by atoms with Gasteiger partial charge in [0.05, 0.1) is 0 Å². The summed E-state index contributed by atoms with van der Waals surface area (Å²) in [6.45, 7) is 6.47. The van der Waals surface area contributed by atoms with Gasteiger partial charge in [-0.25, -0.2) is 0 Å². The lowest BCUT2D eigenvalue weighted by Gasteiger charge is -1.96. The van der Waals surface area contributed by atoms with Gasteiger partial charge >= 0.3 is 8.25 Å². The van der Waals surface area contributed by atoms with Gasteiger partial charge in [0.2, 0.25) is 0 Å². The minimum absolute atomic E-state index is 0.283. The smallest absolute Gasteiger partial charge is 0.119 e. The molecule has 1 atom stereocenters. The third-order valence-electron chi connectivity index (χ3n) is 1.99. The minimum Gasteiger partial charge on any atom is -0.119 e. The van der Waals surface area contributed by atoms with Crippen LogP contribution in [0.4, 0.5) is 0 Å². The van der Waals surface area contributed by atoms with Gasteiger partial charge in [-0.3, -0.25) is 0 Å². The van der Waals surface area contributed by atoms with E-state index in [9.17, 15) is 4.57 Å². The molecular weight excluding hydrogens is 211 g/mol. The van der Waals surface area contributed by atoms with E-state index in [2.05, 4.69) is 13.5 Å². The molecule has 88 valence electrons. The largest absolute Gasteiger partial charge is 0.697 e. The fourth-order valence-corrected chi connectivity index (χ4v) is 1.75. The predicted octanol–water partition coefficient (Wildman–Crippen LogP) is 4.22. The van der Waals surface area contributed by atoms with Crippen molar-refractivity contribution in [2.45, 2.75) is 45.4 Å². The lowest BCUT2D eigenvalue weighted by Crippen LogP contribution is -1.89. The first-order valence-electron chi connectivity index (χ1n) is 5.65. The Kier molecular flexibility index (Phi) is 11.6. The van der Waals surface area contributed by atoms with Crippen molar-refractivity contribution in [3.8, 4) is 0 Å². The van der Waals surface area contributed by atoms with Crippen molar-refractivity contribution in [3.63, 3.8) is 0 Å². The molecule has 0 saturated heterocycles. The molecule has 0 heterocycles. The lowest BCUT2D eigenvalue weighted by atomic mass is 10.1. The number of hydrogen-bond acceptors (Lipinski definition) is 3. The Morgan fingerprint density at radius 3 is 2.47 bits per heavy atom. The van der Waals surface area contributed by atoms with E-state index in [4.69, 9.17) is 9.05 Å². The molecule has 0 aliphatic heterocycles. The second kappa shape index (κ2) is 11.8. The zero-order valence-corrected chi connectivity index (χ0v) is 10.5. The maximum absolute atomic E-state index is 11.0. The Labute approximate surface area is 93.8 Å². The van der Waals surface area contributed by atoms with Gasteiger partial charge in [-0.1, -0.05) is 45.1 Å². The maximum atomic E-state index is 11.0. The zero-order chi connectivity index (χ0) is 11.4. The van der Waals surface area contributed by atoms with Crippen LogP contribution in [0.25, 0.3) is 0 Å². The Bertz CT molecular complexity index is 171. The summed E-state index contributed by atoms with van der Waals surface area (Å²) in [6.07, 6.45) is 8.75. The second-order valence-corrected chi connectivity index (χ2v) is 4.37. The molecule has 0 aromatic carbocycles. The first-order valence-corrected chi connectivity index (χ1v) is 6.74. The predicted molar refractivity (Wildman–Crippen MR) is 63.1 cm³/mol. The third kappa shape index (κ3) is 11.7. The fourth-order valence-electron chi connectivity index (χ4n) is 1.17. The van der Waals surface area contributed by atoms with Gasteiger partial charge < -0.3 is 0 Å². The van der Waals surface area contributed by atoms with E-state index in [0.717, 1.165) is 12.8 Å². The normalized spacial score (nSPS) is 11.4. The van der Waals surface area contributed by atoms with Crippen LogP contribution in [-0.2, 0) is 13.6 Å². The molecule has 15 heavy (non-hydrogen) atoms. The highest BCUT2D eigenvalue weighted by Gasteiger charge is 2.17. The molecule has 0 spiro atoms. The highest BCUT2D eigenvalue weighted by atomic mass is 31.1. The van der Waals surface area contributed by atoms with Gasteiger partial charge in [0.25, 0.3) is 0 Å². The molecule has 0 aliphatic rings. The molecule has 0 saturated carbocycles. The van der Waals surface area contributed by atoms with E-state index < -0.39 is 8.25 Å². The van der Waals surface area contributed by atoms with Crippen LogP contribution in [0.2, 0.25) is 0 Å². The summed E-state index contributed by atoms with van der Waals surface area (Å²) in [6, 6.07) is 0. The van der Waals surface area contributed by atoms with Crippen LogP contribution >= 0.6 is 8.25 Å². The standard InChI is InChI=1S/C11H22O3P/c1-3-5-6-7-8-9-11-14-15(12)13-10-4-2/h4H,2-3,5-11H2,1H3/q+1. The molecule has 0 radical (unpaired) electrons. The van der Waals surface area contributed by atoms with Crippen LogP contribution in [0.3, 0.4) is 0 Å². The molecule has 0 aromatic rings. The molecular formula is C11H22O3P+. The summed E-state index contributed by atoms with van der Waals surface area (Å²) in [5.74, 6) is 0. The molecule has 0 rings (SSSR count). The average Bonchev–Trinajstić information content (AvgIpc) is 2.25. The summed E-state index contributed by atoms with van der Waals surface area (Å²) in [7, 11) is -1.94. The van der Waals surface area contributed by atoms with Crippen LogP contribution < -0.4 is 0 Å². The molecule has 0 fully saturated rings. The van der Waals surface area contributed by atoms with Gasteiger partial charge in [-0.15, -0.1) is 15.6 Å². The van der Waals surface area contributed by atoms with E-state index in [-0.39, 0.29) is 6.61 Å². The van der Waals surface area contributed by atoms with Crippen LogP contribution in [0.5, 0.6) is 0 Å². The van der Waals surface area contributed by atoms with Crippen LogP contribution in [0.15, 0.2) is 12.7 Å². The van der Waals surface area contributed by atoms with E-state index >= 15 is 0 Å². The van der Waals surface area contributed by atoms with E-state index in [1.54, 1.807) is 6.08 Å². The fraction of sp³-hybridized carbons (Fsp3) is 0.818. The highest BCUT2D eigenvalue weighted by molar-refractivity contribution is 7.33. The first-order chi connectivity index (χ1) is 7.31. The number of rotatable bonds is 11. The van der Waals surface area contributed by atoms with E-state index in [0.29, 0.717) is 6.61 Å². The highest BCUT2D eigenvalue weighted by Crippen LogP contribution is 2.23. The number of hydrogen-bond donors (Lipinski definition) is 0. The van der Waals surface area contributed by atoms with E-state index in [1.165, 1.54) is 25.7 Å². The summed E-state index contributed by atoms with van der Waals surface area (Å²) in [4.78, 5) is 0. The lowest BCUT2D eigenvalue weighted by molar-refractivity contribution is 0.236. The van der Waals surface area contributed by atoms with Crippen molar-refractivity contribution in [2.75, 3.05) is 13.2 Å². The second-order valence-electron chi connectivity index (χ2n) is 3.41. The van der Waals surface area contributed by atoms with Crippen LogP contribution in [0, 0.1) is 0 Å². The Hall–Kier alpha value is -0.240. The van der Waals surface area contributed by atoms with Crippen molar-refractivity contribution >= 4 is 8.25 Å². The van der Waals surface area contributed by atoms with Crippen molar-refractivity contribution in [1.82, 2.24) is 0 Å². The monoisotopic (exact) mass is 233 g/mol. The van der Waals surface area contributed by atoms with E-state index in [1.807, 2.05) is 0 Å². The summed E-state index contributed by atoms with van der Waals surface area (Å²) in [5, 5.41) is 0. The topological polar surface area (TPSA) is 35.5 Å². The molecule has 3 nitrogen and oxygen atoms in total. The molecule has 1 unspecified atom stereocenters. The van der Waals surface area contributed by atoms with Crippen LogP contribution in [-0.4, -0.2) is 13.2 Å². The minimum atomic E-state index is -1.94. The maximum Gasteiger partial charge on any atom is 0.697 e. The SMILES string of the molecule is C=CCO[P+](=O)OCCCCCCCC. The first kappa shape index (κ1) is 14.8. The number of unbranched alkanes of at least 4 members (excludes halogenated alkanes) is 5. The van der Waals surface area contributed by atoms with Gasteiger partial charge in [0.15, 0.2) is 0 Å². The zero-order valence-electron chi connectivity index (χ0n) is 9.61. The van der Waals surface area contributed by atoms with Crippen molar-refractivity contribution in [1.29, 1.82) is 0 Å². The van der Waals surface area contributed by atoms with Gasteiger partial charge in [0.1, 0.15) is 13.2 Å². The Balaban J connectivity index is 3.09. The van der Waals surface area contributed by atoms with Crippen molar-refractivity contribution < 1.29 is 13.6 Å². The quantitative estimate of drug-likeness (QED) is 0.304. The summed E-state index contributed by atoms with van der Waals surface area (Å²) < 4.78 is 20.8. The average molecular weight is 233 g/mol. The Morgan fingerprint density at radius 1 is 1.13 bits per heavy atom. The summed E-state index contributed by atoms with van der Waals surface area (Å²) in [5.41, 5.74) is 0. The molecule has 4 heteroatoms.